The topological polar surface area (TPSA) is 18.1 Å². The van der Waals surface area contributed by atoms with E-state index in [-0.39, 0.29) is 5.41 Å². The van der Waals surface area contributed by atoms with Crippen LogP contribution in [-0.2, 0) is 18.3 Å². The maximum Gasteiger partial charge on any atom is 0.143 e. The summed E-state index contributed by atoms with van der Waals surface area (Å²) < 4.78 is 9.31. The summed E-state index contributed by atoms with van der Waals surface area (Å²) in [4.78, 5) is 0. The van der Waals surface area contributed by atoms with E-state index >= 15 is 0 Å². The van der Waals surface area contributed by atoms with E-state index in [1.165, 1.54) is 113 Å². The van der Waals surface area contributed by atoms with Crippen LogP contribution in [0.4, 0.5) is 0 Å². The van der Waals surface area contributed by atoms with Crippen LogP contribution in [0.25, 0.3) is 79.2 Å². The van der Waals surface area contributed by atoms with E-state index in [2.05, 4.69) is 177 Å². The highest BCUT2D eigenvalue weighted by atomic mass is 16.3. The van der Waals surface area contributed by atoms with Crippen LogP contribution in [0, 0.1) is 12.8 Å². The van der Waals surface area contributed by atoms with Gasteiger partial charge in [0, 0.05) is 44.3 Å². The molecule has 292 valence electrons. The van der Waals surface area contributed by atoms with Crippen molar-refractivity contribution in [3.63, 3.8) is 0 Å². The molecule has 2 heteroatoms. The van der Waals surface area contributed by atoms with Gasteiger partial charge < -0.3 is 8.98 Å². The summed E-state index contributed by atoms with van der Waals surface area (Å²) in [5, 5.41) is 2.61. The molecule has 1 fully saturated rings. The van der Waals surface area contributed by atoms with Gasteiger partial charge in [-0.2, -0.15) is 0 Å². The Labute approximate surface area is 353 Å². The van der Waals surface area contributed by atoms with Crippen molar-refractivity contribution in [1.29, 1.82) is 0 Å². The fraction of sp³-hybridized carbons (Fsp3) is 0.207. The highest BCUT2D eigenvalue weighted by Gasteiger charge is 2.39. The molecule has 0 saturated heterocycles. The molecule has 0 unspecified atom stereocenters. The normalized spacial score (nSPS) is 16.6. The summed E-state index contributed by atoms with van der Waals surface area (Å²) in [5.41, 5.74) is 23.6. The second-order valence-electron chi connectivity index (χ2n) is 18.2. The monoisotopic (exact) mass is 775 g/mol. The zero-order chi connectivity index (χ0) is 40.1. The molecule has 0 amide bonds. The number of nitrogens with zero attached hydrogens (tertiary/aromatic N) is 1. The van der Waals surface area contributed by atoms with E-state index in [0.717, 1.165) is 43.4 Å². The average Bonchev–Trinajstić information content (AvgIpc) is 3.99. The molecule has 12 rings (SSSR count). The summed E-state index contributed by atoms with van der Waals surface area (Å²) in [6, 6.07) is 47.9. The van der Waals surface area contributed by atoms with Crippen LogP contribution in [0.2, 0.25) is 0 Å². The molecule has 8 aromatic rings. The van der Waals surface area contributed by atoms with Crippen molar-refractivity contribution in [2.24, 2.45) is 5.92 Å². The van der Waals surface area contributed by atoms with E-state index in [4.69, 9.17) is 4.42 Å². The average molecular weight is 776 g/mol. The Kier molecular flexibility index (Phi) is 8.05. The minimum absolute atomic E-state index is 0.163. The Hall–Kier alpha value is -6.38. The van der Waals surface area contributed by atoms with Crippen LogP contribution in [0.1, 0.15) is 90.8 Å². The van der Waals surface area contributed by atoms with E-state index in [0.29, 0.717) is 5.92 Å². The molecule has 4 aliphatic rings. The largest absolute Gasteiger partial charge is 0.456 e. The number of hydrogen-bond donors (Lipinski definition) is 0. The number of aromatic nitrogens is 1. The van der Waals surface area contributed by atoms with Crippen molar-refractivity contribution < 1.29 is 4.42 Å². The Morgan fingerprint density at radius 3 is 2.30 bits per heavy atom. The molecule has 2 nitrogen and oxygen atoms in total. The molecule has 0 spiro atoms. The summed E-state index contributed by atoms with van der Waals surface area (Å²) >= 11 is 0. The molecule has 1 saturated carbocycles. The van der Waals surface area contributed by atoms with Gasteiger partial charge in [0.1, 0.15) is 11.3 Å². The fourth-order valence-corrected chi connectivity index (χ4v) is 10.8. The van der Waals surface area contributed by atoms with E-state index < -0.39 is 0 Å². The van der Waals surface area contributed by atoms with Gasteiger partial charge >= 0.3 is 0 Å². The van der Waals surface area contributed by atoms with E-state index in [1.54, 1.807) is 5.57 Å². The number of rotatable bonds is 6. The van der Waals surface area contributed by atoms with Gasteiger partial charge in [-0.25, -0.2) is 0 Å². The van der Waals surface area contributed by atoms with Gasteiger partial charge in [-0.05, 0) is 155 Å². The molecular formula is C58H49NO. The van der Waals surface area contributed by atoms with E-state index in [1.807, 2.05) is 0 Å². The van der Waals surface area contributed by atoms with Gasteiger partial charge in [-0.1, -0.05) is 129 Å². The second kappa shape index (κ2) is 13.6. The quantitative estimate of drug-likeness (QED) is 0.164. The lowest BCUT2D eigenvalue weighted by Gasteiger charge is -2.22. The number of fused-ring (bicyclic) bond motifs is 10. The minimum Gasteiger partial charge on any atom is -0.456 e. The molecule has 0 radical (unpaired) electrons. The SMILES string of the molecule is Cc1ccccc1/C=C(/C1=Cc2c(n(-c3ccc4c(c3)C(C)(C)c3ccc5c6c(oc5c3-4)C=CCC6)c3ccc(-c4ccc(-c5ccccc5)cc4)cc23)CCC1)C1CC1. The van der Waals surface area contributed by atoms with Gasteiger partial charge in [-0.3, -0.25) is 0 Å². The number of furan rings is 1. The third kappa shape index (κ3) is 5.60. The Balaban J connectivity index is 1.04. The Morgan fingerprint density at radius 1 is 0.717 bits per heavy atom. The van der Waals surface area contributed by atoms with Gasteiger partial charge in [0.25, 0.3) is 0 Å². The first-order valence-corrected chi connectivity index (χ1v) is 22.1. The van der Waals surface area contributed by atoms with Gasteiger partial charge in [0.05, 0.1) is 5.52 Å². The predicted molar refractivity (Wildman–Crippen MR) is 252 cm³/mol. The highest BCUT2D eigenvalue weighted by Crippen LogP contribution is 2.54. The molecule has 6 aromatic carbocycles. The molecule has 60 heavy (non-hydrogen) atoms. The summed E-state index contributed by atoms with van der Waals surface area (Å²) in [6.45, 7) is 7.04. The Bertz CT molecular complexity index is 3140. The zero-order valence-electron chi connectivity index (χ0n) is 34.8. The van der Waals surface area contributed by atoms with Gasteiger partial charge in [-0.15, -0.1) is 0 Å². The number of hydrogen-bond acceptors (Lipinski definition) is 1. The maximum absolute atomic E-state index is 6.70. The lowest BCUT2D eigenvalue weighted by atomic mass is 9.82. The van der Waals surface area contributed by atoms with Crippen LogP contribution < -0.4 is 0 Å². The van der Waals surface area contributed by atoms with Crippen LogP contribution >= 0.6 is 0 Å². The minimum atomic E-state index is -0.163. The first kappa shape index (κ1) is 35.6. The molecule has 2 aromatic heterocycles. The maximum atomic E-state index is 6.70. The van der Waals surface area contributed by atoms with Crippen molar-refractivity contribution in [2.75, 3.05) is 0 Å². The zero-order valence-corrected chi connectivity index (χ0v) is 34.8. The smallest absolute Gasteiger partial charge is 0.143 e. The molecule has 0 aliphatic heterocycles. The summed E-state index contributed by atoms with van der Waals surface area (Å²) in [5.74, 6) is 1.68. The summed E-state index contributed by atoms with van der Waals surface area (Å²) in [7, 11) is 0. The second-order valence-corrected chi connectivity index (χ2v) is 18.2. The predicted octanol–water partition coefficient (Wildman–Crippen LogP) is 15.5. The van der Waals surface area contributed by atoms with E-state index in [9.17, 15) is 0 Å². The highest BCUT2D eigenvalue weighted by molar-refractivity contribution is 6.02. The van der Waals surface area contributed by atoms with Crippen LogP contribution in [0.15, 0.2) is 149 Å². The molecule has 2 heterocycles. The Morgan fingerprint density at radius 2 is 1.48 bits per heavy atom. The number of aryl methyl sites for hydroxylation is 2. The van der Waals surface area contributed by atoms with Gasteiger partial charge in [0.2, 0.25) is 0 Å². The number of allylic oxidation sites excluding steroid dienone is 3. The fourth-order valence-electron chi connectivity index (χ4n) is 10.8. The van der Waals surface area contributed by atoms with Crippen molar-refractivity contribution in [2.45, 2.75) is 71.1 Å². The first-order chi connectivity index (χ1) is 29.4. The standard InChI is InChI=1S/C58H49NO/c1-36-12-7-8-15-41(36)32-48(40-24-25-40)43-16-11-18-53-50(34-43)49-33-42(39-22-20-38(21-23-39)37-13-5-4-6-14-37)26-31-54(49)59(53)44-27-28-47-52(35-44)58(2,3)51-30-29-46-45-17-9-10-19-55(45)60-57(46)56(47)51/h4-8,10,12-15,19-23,26-35,40H,9,11,16-18,24-25H2,1-3H3/b48-32+. The third-order valence-electron chi connectivity index (χ3n) is 14.2. The van der Waals surface area contributed by atoms with Crippen LogP contribution in [0.3, 0.4) is 0 Å². The molecule has 0 bridgehead atoms. The summed E-state index contributed by atoms with van der Waals surface area (Å²) in [6.07, 6.45) is 17.5. The molecule has 0 atom stereocenters. The van der Waals surface area contributed by atoms with Crippen LogP contribution in [-0.4, -0.2) is 4.57 Å². The van der Waals surface area contributed by atoms with Gasteiger partial charge in [0.15, 0.2) is 0 Å². The molecular weight excluding hydrogens is 727 g/mol. The lowest BCUT2D eigenvalue weighted by Crippen LogP contribution is -2.15. The molecule has 4 aliphatic carbocycles. The first-order valence-electron chi connectivity index (χ1n) is 22.1. The van der Waals surface area contributed by atoms with Crippen molar-refractivity contribution in [3.8, 4) is 39.1 Å². The number of benzene rings is 6. The lowest BCUT2D eigenvalue weighted by molar-refractivity contribution is 0.595. The van der Waals surface area contributed by atoms with Crippen molar-refractivity contribution >= 4 is 40.1 Å². The van der Waals surface area contributed by atoms with Crippen LogP contribution in [0.5, 0.6) is 0 Å². The van der Waals surface area contributed by atoms with Crippen molar-refractivity contribution in [3.05, 3.63) is 189 Å². The van der Waals surface area contributed by atoms with Crippen molar-refractivity contribution in [1.82, 2.24) is 4.57 Å². The molecule has 0 N–H and O–H groups in total. The third-order valence-corrected chi connectivity index (χ3v) is 14.2.